The van der Waals surface area contributed by atoms with Crippen LogP contribution < -0.4 is 0 Å². The normalized spacial score (nSPS) is 27.9. The van der Waals surface area contributed by atoms with Crippen LogP contribution in [0.2, 0.25) is 0 Å². The Kier molecular flexibility index (Phi) is 6.55. The first-order valence-corrected chi connectivity index (χ1v) is 9.83. The van der Waals surface area contributed by atoms with Gasteiger partial charge in [-0.05, 0) is 93.2 Å². The summed E-state index contributed by atoms with van der Waals surface area (Å²) in [5.41, 5.74) is 0.331. The zero-order valence-electron chi connectivity index (χ0n) is 16.6. The van der Waals surface area contributed by atoms with Gasteiger partial charge in [-0.3, -0.25) is 9.80 Å². The van der Waals surface area contributed by atoms with Crippen LogP contribution in [0.1, 0.15) is 74.1 Å². The summed E-state index contributed by atoms with van der Waals surface area (Å²) in [6.45, 7) is 19.9. The predicted octanol–water partition coefficient (Wildman–Crippen LogP) is 4.16. The highest BCUT2D eigenvalue weighted by atomic mass is 16.5. The zero-order chi connectivity index (χ0) is 17.2. The van der Waals surface area contributed by atoms with Crippen molar-refractivity contribution >= 4 is 0 Å². The minimum atomic E-state index is 0.331. The van der Waals surface area contributed by atoms with Gasteiger partial charge in [0.1, 0.15) is 0 Å². The highest BCUT2D eigenvalue weighted by Crippen LogP contribution is 2.33. The molecule has 136 valence electrons. The first kappa shape index (κ1) is 19.2. The quantitative estimate of drug-likeness (QED) is 0.729. The lowest BCUT2D eigenvalue weighted by atomic mass is 9.85. The molecule has 0 spiro atoms. The molecular formula is C20H40N2O. The highest BCUT2D eigenvalue weighted by molar-refractivity contribution is 4.91. The molecular weight excluding hydrogens is 284 g/mol. The van der Waals surface area contributed by atoms with Gasteiger partial charge in [0.05, 0.1) is 12.2 Å². The second-order valence-electron chi connectivity index (χ2n) is 9.32. The third kappa shape index (κ3) is 5.44. The van der Waals surface area contributed by atoms with Crippen molar-refractivity contribution in [2.24, 2.45) is 5.92 Å². The Balaban J connectivity index is 1.78. The summed E-state index contributed by atoms with van der Waals surface area (Å²) in [6, 6.07) is 1.40. The number of likely N-dealkylation sites (tertiary alicyclic amines) is 1. The standard InChI is InChI=1S/C20H40N2O/c1-15(2)22(18-12-19(13-18)23-16(3)4)14-17-8-10-21(11-9-17)20(5,6)7/h15-19H,8-14H2,1-7H3. The van der Waals surface area contributed by atoms with Crippen molar-refractivity contribution in [2.45, 2.75) is 104 Å². The van der Waals surface area contributed by atoms with E-state index in [9.17, 15) is 0 Å². The highest BCUT2D eigenvalue weighted by Gasteiger charge is 2.37. The van der Waals surface area contributed by atoms with Crippen molar-refractivity contribution < 1.29 is 4.74 Å². The van der Waals surface area contributed by atoms with Gasteiger partial charge in [-0.25, -0.2) is 0 Å². The Morgan fingerprint density at radius 3 is 2.04 bits per heavy atom. The van der Waals surface area contributed by atoms with E-state index in [0.717, 1.165) is 12.0 Å². The lowest BCUT2D eigenvalue weighted by molar-refractivity contribution is -0.0865. The van der Waals surface area contributed by atoms with Gasteiger partial charge in [-0.15, -0.1) is 0 Å². The van der Waals surface area contributed by atoms with E-state index in [1.807, 2.05) is 0 Å². The lowest BCUT2D eigenvalue weighted by Gasteiger charge is -2.48. The van der Waals surface area contributed by atoms with E-state index in [1.165, 1.54) is 45.3 Å². The molecule has 0 N–H and O–H groups in total. The Labute approximate surface area is 144 Å². The fraction of sp³-hybridized carbons (Fsp3) is 1.00. The molecule has 1 aliphatic carbocycles. The summed E-state index contributed by atoms with van der Waals surface area (Å²) in [6.07, 6.45) is 6.06. The third-order valence-corrected chi connectivity index (χ3v) is 5.70. The Morgan fingerprint density at radius 2 is 1.61 bits per heavy atom. The summed E-state index contributed by atoms with van der Waals surface area (Å²) in [5, 5.41) is 0. The fourth-order valence-corrected chi connectivity index (χ4v) is 4.17. The van der Waals surface area contributed by atoms with E-state index in [2.05, 4.69) is 58.3 Å². The van der Waals surface area contributed by atoms with Gasteiger partial charge < -0.3 is 4.74 Å². The molecule has 0 aromatic heterocycles. The van der Waals surface area contributed by atoms with E-state index in [1.54, 1.807) is 0 Å². The molecule has 0 radical (unpaired) electrons. The summed E-state index contributed by atoms with van der Waals surface area (Å²) in [4.78, 5) is 5.41. The van der Waals surface area contributed by atoms with E-state index >= 15 is 0 Å². The average Bonchev–Trinajstić information content (AvgIpc) is 2.39. The molecule has 3 heteroatoms. The van der Waals surface area contributed by atoms with Crippen LogP contribution in [0, 0.1) is 5.92 Å². The summed E-state index contributed by atoms with van der Waals surface area (Å²) < 4.78 is 5.95. The van der Waals surface area contributed by atoms with E-state index < -0.39 is 0 Å². The number of ether oxygens (including phenoxy) is 1. The van der Waals surface area contributed by atoms with Crippen LogP contribution in [-0.2, 0) is 4.74 Å². The zero-order valence-corrected chi connectivity index (χ0v) is 16.6. The molecule has 0 bridgehead atoms. The van der Waals surface area contributed by atoms with Crippen LogP contribution in [-0.4, -0.2) is 59.3 Å². The smallest absolute Gasteiger partial charge is 0.0608 e. The summed E-state index contributed by atoms with van der Waals surface area (Å²) >= 11 is 0. The van der Waals surface area contributed by atoms with Gasteiger partial charge in [-0.2, -0.15) is 0 Å². The number of hydrogen-bond donors (Lipinski definition) is 0. The summed E-state index contributed by atoms with van der Waals surface area (Å²) in [5.74, 6) is 0.876. The lowest BCUT2D eigenvalue weighted by Crippen LogP contribution is -2.54. The molecule has 0 aromatic carbocycles. The Hall–Kier alpha value is -0.120. The Bertz CT molecular complexity index is 347. The van der Waals surface area contributed by atoms with E-state index in [-0.39, 0.29) is 0 Å². The molecule has 0 amide bonds. The van der Waals surface area contributed by atoms with Crippen molar-refractivity contribution in [1.82, 2.24) is 9.80 Å². The molecule has 2 aliphatic rings. The van der Waals surface area contributed by atoms with E-state index in [0.29, 0.717) is 23.8 Å². The molecule has 1 heterocycles. The number of piperidine rings is 1. The fourth-order valence-electron chi connectivity index (χ4n) is 4.17. The molecule has 1 aliphatic heterocycles. The molecule has 2 rings (SSSR count). The van der Waals surface area contributed by atoms with Crippen LogP contribution >= 0.6 is 0 Å². The van der Waals surface area contributed by atoms with Gasteiger partial charge in [0, 0.05) is 24.2 Å². The minimum Gasteiger partial charge on any atom is -0.375 e. The molecule has 2 fully saturated rings. The largest absolute Gasteiger partial charge is 0.375 e. The Morgan fingerprint density at radius 1 is 1.04 bits per heavy atom. The second kappa shape index (κ2) is 7.84. The van der Waals surface area contributed by atoms with E-state index in [4.69, 9.17) is 4.74 Å². The molecule has 3 nitrogen and oxygen atoms in total. The van der Waals surface area contributed by atoms with Crippen LogP contribution in [0.3, 0.4) is 0 Å². The number of rotatable bonds is 6. The van der Waals surface area contributed by atoms with Crippen LogP contribution in [0.5, 0.6) is 0 Å². The first-order chi connectivity index (χ1) is 10.7. The maximum absolute atomic E-state index is 5.95. The maximum Gasteiger partial charge on any atom is 0.0608 e. The van der Waals surface area contributed by atoms with Crippen molar-refractivity contribution in [1.29, 1.82) is 0 Å². The molecule has 0 atom stereocenters. The van der Waals surface area contributed by atoms with Gasteiger partial charge in [0.25, 0.3) is 0 Å². The molecule has 0 unspecified atom stereocenters. The summed E-state index contributed by atoms with van der Waals surface area (Å²) in [7, 11) is 0. The first-order valence-electron chi connectivity index (χ1n) is 9.83. The van der Waals surface area contributed by atoms with Crippen molar-refractivity contribution in [3.8, 4) is 0 Å². The SMILES string of the molecule is CC(C)OC1CC(N(CC2CCN(C(C)(C)C)CC2)C(C)C)C1. The monoisotopic (exact) mass is 324 g/mol. The number of nitrogens with zero attached hydrogens (tertiary/aromatic N) is 2. The minimum absolute atomic E-state index is 0.331. The maximum atomic E-state index is 5.95. The second-order valence-corrected chi connectivity index (χ2v) is 9.32. The van der Waals surface area contributed by atoms with Crippen LogP contribution in [0.15, 0.2) is 0 Å². The van der Waals surface area contributed by atoms with Gasteiger partial charge >= 0.3 is 0 Å². The molecule has 1 saturated heterocycles. The van der Waals surface area contributed by atoms with Crippen molar-refractivity contribution in [3.63, 3.8) is 0 Å². The molecule has 1 saturated carbocycles. The van der Waals surface area contributed by atoms with Gasteiger partial charge in [-0.1, -0.05) is 0 Å². The third-order valence-electron chi connectivity index (χ3n) is 5.70. The predicted molar refractivity (Wildman–Crippen MR) is 98.9 cm³/mol. The van der Waals surface area contributed by atoms with Crippen LogP contribution in [0.4, 0.5) is 0 Å². The van der Waals surface area contributed by atoms with Gasteiger partial charge in [0.15, 0.2) is 0 Å². The average molecular weight is 325 g/mol. The number of hydrogen-bond acceptors (Lipinski definition) is 3. The van der Waals surface area contributed by atoms with Crippen molar-refractivity contribution in [3.05, 3.63) is 0 Å². The van der Waals surface area contributed by atoms with Crippen molar-refractivity contribution in [2.75, 3.05) is 19.6 Å². The molecule has 23 heavy (non-hydrogen) atoms. The van der Waals surface area contributed by atoms with Crippen LogP contribution in [0.25, 0.3) is 0 Å². The van der Waals surface area contributed by atoms with Gasteiger partial charge in [0.2, 0.25) is 0 Å². The topological polar surface area (TPSA) is 15.7 Å². The molecule has 0 aromatic rings.